The van der Waals surface area contributed by atoms with Crippen molar-refractivity contribution < 1.29 is 13.2 Å². The molecule has 0 atom stereocenters. The Morgan fingerprint density at radius 2 is 1.62 bits per heavy atom. The van der Waals surface area contributed by atoms with Gasteiger partial charge in [-0.25, -0.2) is 17.4 Å². The van der Waals surface area contributed by atoms with Crippen molar-refractivity contribution in [3.63, 3.8) is 0 Å². The average Bonchev–Trinajstić information content (AvgIpc) is 3.09. The minimum absolute atomic E-state index is 0.189. The first-order valence-electron chi connectivity index (χ1n) is 7.94. The highest BCUT2D eigenvalue weighted by Crippen LogP contribution is 2.31. The predicted molar refractivity (Wildman–Crippen MR) is 99.6 cm³/mol. The second-order valence-corrected chi connectivity index (χ2v) is 7.55. The van der Waals surface area contributed by atoms with Crippen molar-refractivity contribution in [1.82, 2.24) is 8.96 Å². The maximum atomic E-state index is 13.3. The SMILES string of the molecule is O=Cc1ccc(-c2cc3cccnc3n2S(=O)(=O)c2ccccc2)cc1. The lowest BCUT2D eigenvalue weighted by Crippen LogP contribution is -2.14. The Balaban J connectivity index is 2.02. The molecule has 0 aliphatic rings. The van der Waals surface area contributed by atoms with E-state index in [0.717, 1.165) is 11.7 Å². The van der Waals surface area contributed by atoms with E-state index >= 15 is 0 Å². The molecule has 2 heterocycles. The lowest BCUT2D eigenvalue weighted by molar-refractivity contribution is 0.112. The van der Waals surface area contributed by atoms with Gasteiger partial charge in [-0.15, -0.1) is 0 Å². The van der Waals surface area contributed by atoms with Gasteiger partial charge in [0.2, 0.25) is 0 Å². The lowest BCUT2D eigenvalue weighted by atomic mass is 10.1. The lowest BCUT2D eigenvalue weighted by Gasteiger charge is -2.11. The van der Waals surface area contributed by atoms with Crippen molar-refractivity contribution in [2.45, 2.75) is 4.90 Å². The zero-order chi connectivity index (χ0) is 18.1. The average molecular weight is 362 g/mol. The normalized spacial score (nSPS) is 11.5. The number of pyridine rings is 1. The van der Waals surface area contributed by atoms with E-state index < -0.39 is 10.0 Å². The standard InChI is InChI=1S/C20H14N2O3S/c23-14-15-8-10-16(11-9-15)19-13-17-5-4-12-21-20(17)22(19)26(24,25)18-6-2-1-3-7-18/h1-14H. The molecule has 0 bridgehead atoms. The van der Waals surface area contributed by atoms with E-state index in [9.17, 15) is 13.2 Å². The third kappa shape index (κ3) is 2.60. The van der Waals surface area contributed by atoms with Crippen molar-refractivity contribution in [2.75, 3.05) is 0 Å². The molecule has 4 aromatic rings. The van der Waals surface area contributed by atoms with E-state index in [1.807, 2.05) is 6.07 Å². The number of nitrogens with zero attached hydrogens (tertiary/aromatic N) is 2. The van der Waals surface area contributed by atoms with Crippen LogP contribution in [0.15, 0.2) is 83.9 Å². The second kappa shape index (κ2) is 6.24. The van der Waals surface area contributed by atoms with E-state index in [4.69, 9.17) is 0 Å². The minimum atomic E-state index is -3.83. The number of aldehydes is 1. The molecule has 5 nitrogen and oxygen atoms in total. The maximum absolute atomic E-state index is 13.3. The van der Waals surface area contributed by atoms with E-state index in [-0.39, 0.29) is 4.90 Å². The van der Waals surface area contributed by atoms with Gasteiger partial charge in [0.15, 0.2) is 5.65 Å². The summed E-state index contributed by atoms with van der Waals surface area (Å²) in [6, 6.07) is 20.4. The van der Waals surface area contributed by atoms with E-state index in [1.165, 1.54) is 3.97 Å². The summed E-state index contributed by atoms with van der Waals surface area (Å²) in [7, 11) is -3.83. The van der Waals surface area contributed by atoms with E-state index in [2.05, 4.69) is 4.98 Å². The fourth-order valence-electron chi connectivity index (χ4n) is 2.89. The molecule has 0 spiro atoms. The molecule has 26 heavy (non-hydrogen) atoms. The molecule has 128 valence electrons. The van der Waals surface area contributed by atoms with Gasteiger partial charge in [0.05, 0.1) is 10.6 Å². The predicted octanol–water partition coefficient (Wildman–Crippen LogP) is 3.75. The van der Waals surface area contributed by atoms with Crippen LogP contribution in [0.5, 0.6) is 0 Å². The molecule has 0 saturated carbocycles. The van der Waals surface area contributed by atoms with Crippen molar-refractivity contribution >= 4 is 27.3 Å². The number of fused-ring (bicyclic) bond motifs is 1. The number of carbonyl (C=O) groups is 1. The van der Waals surface area contributed by atoms with Crippen molar-refractivity contribution in [2.24, 2.45) is 0 Å². The van der Waals surface area contributed by atoms with Crippen LogP contribution in [0.4, 0.5) is 0 Å². The van der Waals surface area contributed by atoms with Crippen molar-refractivity contribution in [1.29, 1.82) is 0 Å². The third-order valence-corrected chi connectivity index (χ3v) is 5.86. The van der Waals surface area contributed by atoms with Crippen molar-refractivity contribution in [3.8, 4) is 11.3 Å². The number of rotatable bonds is 4. The maximum Gasteiger partial charge on any atom is 0.269 e. The topological polar surface area (TPSA) is 69.0 Å². The monoisotopic (exact) mass is 362 g/mol. The molecule has 0 radical (unpaired) electrons. The van der Waals surface area contributed by atoms with Crippen LogP contribution in [-0.2, 0) is 10.0 Å². The summed E-state index contributed by atoms with van der Waals surface area (Å²) in [5, 5.41) is 0.724. The Morgan fingerprint density at radius 1 is 0.885 bits per heavy atom. The molecular weight excluding hydrogens is 348 g/mol. The molecule has 2 aromatic carbocycles. The van der Waals surface area contributed by atoms with Crippen LogP contribution in [0.25, 0.3) is 22.3 Å². The Hall–Kier alpha value is -3.25. The van der Waals surface area contributed by atoms with Crippen LogP contribution in [-0.4, -0.2) is 23.7 Å². The van der Waals surface area contributed by atoms with Crippen LogP contribution in [0.1, 0.15) is 10.4 Å². The molecule has 0 aliphatic carbocycles. The highest BCUT2D eigenvalue weighted by Gasteiger charge is 2.24. The second-order valence-electron chi connectivity index (χ2n) is 5.77. The largest absolute Gasteiger partial charge is 0.298 e. The van der Waals surface area contributed by atoms with Gasteiger partial charge >= 0.3 is 0 Å². The molecule has 0 saturated heterocycles. The van der Waals surface area contributed by atoms with Gasteiger partial charge in [-0.2, -0.15) is 0 Å². The van der Waals surface area contributed by atoms with Crippen LogP contribution < -0.4 is 0 Å². The molecule has 0 unspecified atom stereocenters. The number of benzene rings is 2. The minimum Gasteiger partial charge on any atom is -0.298 e. The first kappa shape index (κ1) is 16.2. The Morgan fingerprint density at radius 3 is 2.31 bits per heavy atom. The summed E-state index contributed by atoms with van der Waals surface area (Å²) >= 11 is 0. The molecule has 4 rings (SSSR count). The Bertz CT molecular complexity index is 1200. The van der Waals surface area contributed by atoms with Crippen molar-refractivity contribution in [3.05, 3.63) is 84.6 Å². The third-order valence-electron chi connectivity index (χ3n) is 4.14. The van der Waals surface area contributed by atoms with Crippen LogP contribution in [0.3, 0.4) is 0 Å². The smallest absolute Gasteiger partial charge is 0.269 e. The molecule has 6 heteroatoms. The number of hydrogen-bond acceptors (Lipinski definition) is 4. The van der Waals surface area contributed by atoms with Gasteiger partial charge in [0, 0.05) is 17.1 Å². The summed E-state index contributed by atoms with van der Waals surface area (Å²) in [4.78, 5) is 15.4. The molecular formula is C20H14N2O3S. The first-order valence-corrected chi connectivity index (χ1v) is 9.38. The van der Waals surface area contributed by atoms with Gasteiger partial charge in [-0.3, -0.25) is 4.79 Å². The quantitative estimate of drug-likeness (QED) is 0.519. The van der Waals surface area contributed by atoms with Gasteiger partial charge in [-0.05, 0) is 35.9 Å². The summed E-state index contributed by atoms with van der Waals surface area (Å²) in [6.45, 7) is 0. The van der Waals surface area contributed by atoms with Gasteiger partial charge in [0.1, 0.15) is 6.29 Å². The van der Waals surface area contributed by atoms with Gasteiger partial charge in [0.25, 0.3) is 10.0 Å². The zero-order valence-electron chi connectivity index (χ0n) is 13.6. The molecule has 0 fully saturated rings. The van der Waals surface area contributed by atoms with E-state index in [0.29, 0.717) is 22.5 Å². The zero-order valence-corrected chi connectivity index (χ0v) is 14.4. The summed E-state index contributed by atoms with van der Waals surface area (Å²) < 4.78 is 27.8. The number of carbonyl (C=O) groups excluding carboxylic acids is 1. The molecule has 2 aromatic heterocycles. The van der Waals surface area contributed by atoms with Gasteiger partial charge < -0.3 is 0 Å². The molecule has 0 aliphatic heterocycles. The first-order chi connectivity index (χ1) is 12.6. The van der Waals surface area contributed by atoms with Gasteiger partial charge in [-0.1, -0.05) is 42.5 Å². The fraction of sp³-hybridized carbons (Fsp3) is 0. The summed E-state index contributed by atoms with van der Waals surface area (Å²) in [6.07, 6.45) is 2.32. The summed E-state index contributed by atoms with van der Waals surface area (Å²) in [5.41, 5.74) is 2.08. The fourth-order valence-corrected chi connectivity index (χ4v) is 4.40. The van der Waals surface area contributed by atoms with Crippen LogP contribution in [0, 0.1) is 0 Å². The highest BCUT2D eigenvalue weighted by atomic mass is 32.2. The van der Waals surface area contributed by atoms with Crippen LogP contribution in [0.2, 0.25) is 0 Å². The number of hydrogen-bond donors (Lipinski definition) is 0. The molecule has 0 N–H and O–H groups in total. The Labute approximate surface area is 150 Å². The highest BCUT2D eigenvalue weighted by molar-refractivity contribution is 7.90. The Kier molecular flexibility index (Phi) is 3.89. The van der Waals surface area contributed by atoms with E-state index in [1.54, 1.807) is 72.9 Å². The number of aromatic nitrogens is 2. The summed E-state index contributed by atoms with van der Waals surface area (Å²) in [5.74, 6) is 0. The van der Waals surface area contributed by atoms with Crippen LogP contribution >= 0.6 is 0 Å². The molecule has 0 amide bonds.